The number of sulfone groups is 1. The van der Waals surface area contributed by atoms with Crippen LogP contribution in [0.15, 0.2) is 24.3 Å². The molecule has 0 N–H and O–H groups in total. The van der Waals surface area contributed by atoms with Crippen molar-refractivity contribution in [2.24, 2.45) is 0 Å². The first kappa shape index (κ1) is 15.3. The first-order chi connectivity index (χ1) is 8.85. The van der Waals surface area contributed by atoms with Gasteiger partial charge in [0.1, 0.15) is 11.6 Å². The molecule has 0 radical (unpaired) electrons. The SMILES string of the molecule is COC(=O)CCS(=O)(=O)CC(=O)c1ccccc1F. The lowest BCUT2D eigenvalue weighted by Crippen LogP contribution is -2.21. The molecular formula is C12H13FO5S. The van der Waals surface area contributed by atoms with Crippen molar-refractivity contribution in [2.75, 3.05) is 18.6 Å². The Morgan fingerprint density at radius 2 is 1.89 bits per heavy atom. The second-order valence-electron chi connectivity index (χ2n) is 3.82. The minimum atomic E-state index is -3.77. The second-order valence-corrected chi connectivity index (χ2v) is 6.01. The van der Waals surface area contributed by atoms with Crippen LogP contribution in [0.1, 0.15) is 16.8 Å². The molecule has 7 heteroatoms. The van der Waals surface area contributed by atoms with Crippen LogP contribution in [-0.4, -0.2) is 38.8 Å². The van der Waals surface area contributed by atoms with Gasteiger partial charge in [0.05, 0.1) is 24.8 Å². The van der Waals surface area contributed by atoms with E-state index in [0.29, 0.717) is 0 Å². The van der Waals surface area contributed by atoms with Gasteiger partial charge >= 0.3 is 5.97 Å². The van der Waals surface area contributed by atoms with Crippen LogP contribution < -0.4 is 0 Å². The van der Waals surface area contributed by atoms with Gasteiger partial charge in [0.2, 0.25) is 0 Å². The van der Waals surface area contributed by atoms with Gasteiger partial charge in [-0.05, 0) is 12.1 Å². The number of benzene rings is 1. The Hall–Kier alpha value is -1.76. The predicted octanol–water partition coefficient (Wildman–Crippen LogP) is 0.986. The van der Waals surface area contributed by atoms with Crippen molar-refractivity contribution in [1.82, 2.24) is 0 Å². The molecule has 0 unspecified atom stereocenters. The van der Waals surface area contributed by atoms with Gasteiger partial charge in [0.25, 0.3) is 0 Å². The van der Waals surface area contributed by atoms with Gasteiger partial charge in [-0.2, -0.15) is 0 Å². The summed E-state index contributed by atoms with van der Waals surface area (Å²) in [6.07, 6.45) is -0.330. The van der Waals surface area contributed by atoms with Crippen LogP contribution >= 0.6 is 0 Å². The summed E-state index contributed by atoms with van der Waals surface area (Å²) in [6.45, 7) is 0. The molecule has 1 aromatic carbocycles. The zero-order valence-electron chi connectivity index (χ0n) is 10.3. The van der Waals surface area contributed by atoms with Crippen molar-refractivity contribution < 1.29 is 27.1 Å². The highest BCUT2D eigenvalue weighted by molar-refractivity contribution is 7.92. The maximum atomic E-state index is 13.3. The summed E-state index contributed by atoms with van der Waals surface area (Å²) in [5.41, 5.74) is -0.274. The lowest BCUT2D eigenvalue weighted by atomic mass is 10.1. The smallest absolute Gasteiger partial charge is 0.306 e. The number of carbonyl (C=O) groups excluding carboxylic acids is 2. The van der Waals surface area contributed by atoms with Crippen molar-refractivity contribution >= 4 is 21.6 Å². The number of hydrogen-bond acceptors (Lipinski definition) is 5. The Morgan fingerprint density at radius 1 is 1.26 bits per heavy atom. The molecule has 0 aliphatic carbocycles. The van der Waals surface area contributed by atoms with Gasteiger partial charge in [-0.3, -0.25) is 9.59 Å². The summed E-state index contributed by atoms with van der Waals surface area (Å²) in [5, 5.41) is 0. The first-order valence-electron chi connectivity index (χ1n) is 5.40. The number of carbonyl (C=O) groups is 2. The zero-order chi connectivity index (χ0) is 14.5. The Labute approximate surface area is 110 Å². The molecular weight excluding hydrogens is 275 g/mol. The fourth-order valence-electron chi connectivity index (χ4n) is 1.38. The number of halogens is 1. The number of esters is 1. The van der Waals surface area contributed by atoms with Crippen molar-refractivity contribution in [3.05, 3.63) is 35.6 Å². The van der Waals surface area contributed by atoms with Crippen molar-refractivity contribution in [1.29, 1.82) is 0 Å². The molecule has 0 aliphatic rings. The molecule has 0 fully saturated rings. The van der Waals surface area contributed by atoms with Crippen molar-refractivity contribution in [3.63, 3.8) is 0 Å². The van der Waals surface area contributed by atoms with Gasteiger partial charge in [-0.1, -0.05) is 12.1 Å². The molecule has 0 bridgehead atoms. The molecule has 104 valence electrons. The number of ether oxygens (including phenoxy) is 1. The number of ketones is 1. The molecule has 0 heterocycles. The minimum absolute atomic E-state index is 0.274. The lowest BCUT2D eigenvalue weighted by Gasteiger charge is -2.04. The Bertz CT molecular complexity index is 580. The molecule has 19 heavy (non-hydrogen) atoms. The number of methoxy groups -OCH3 is 1. The zero-order valence-corrected chi connectivity index (χ0v) is 11.1. The molecule has 0 saturated carbocycles. The summed E-state index contributed by atoms with van der Waals surface area (Å²) in [6, 6.07) is 5.14. The fraction of sp³-hybridized carbons (Fsp3) is 0.333. The van der Waals surface area contributed by atoms with E-state index in [4.69, 9.17) is 0 Å². The number of rotatable bonds is 6. The first-order valence-corrected chi connectivity index (χ1v) is 7.23. The summed E-state index contributed by atoms with van der Waals surface area (Å²) in [4.78, 5) is 22.5. The van der Waals surface area contributed by atoms with E-state index in [9.17, 15) is 22.4 Å². The molecule has 5 nitrogen and oxygen atoms in total. The third kappa shape index (κ3) is 4.78. The number of hydrogen-bond donors (Lipinski definition) is 0. The van der Waals surface area contributed by atoms with Crippen LogP contribution in [0, 0.1) is 5.82 Å². The fourth-order valence-corrected chi connectivity index (χ4v) is 2.55. The van der Waals surface area contributed by atoms with E-state index in [1.165, 1.54) is 18.2 Å². The summed E-state index contributed by atoms with van der Waals surface area (Å²) >= 11 is 0. The van der Waals surface area contributed by atoms with E-state index in [1.54, 1.807) is 0 Å². The Balaban J connectivity index is 2.71. The monoisotopic (exact) mass is 288 g/mol. The van der Waals surface area contributed by atoms with E-state index in [-0.39, 0.29) is 12.0 Å². The lowest BCUT2D eigenvalue weighted by molar-refractivity contribution is -0.140. The van der Waals surface area contributed by atoms with Crippen molar-refractivity contribution in [2.45, 2.75) is 6.42 Å². The molecule has 0 aromatic heterocycles. The quantitative estimate of drug-likeness (QED) is 0.576. The van der Waals surface area contributed by atoms with Crippen LogP contribution in [0.4, 0.5) is 4.39 Å². The van der Waals surface area contributed by atoms with Crippen LogP contribution in [-0.2, 0) is 19.4 Å². The van der Waals surface area contributed by atoms with E-state index in [2.05, 4.69) is 4.74 Å². The summed E-state index contributed by atoms with van der Waals surface area (Å²) in [7, 11) is -2.63. The maximum Gasteiger partial charge on any atom is 0.306 e. The van der Waals surface area contributed by atoms with Crippen LogP contribution in [0.2, 0.25) is 0 Å². The second kappa shape index (κ2) is 6.42. The Kier molecular flexibility index (Phi) is 5.17. The molecule has 0 aliphatic heterocycles. The average Bonchev–Trinajstić information content (AvgIpc) is 2.36. The van der Waals surface area contributed by atoms with Gasteiger partial charge in [-0.25, -0.2) is 12.8 Å². The van der Waals surface area contributed by atoms with E-state index >= 15 is 0 Å². The maximum absolute atomic E-state index is 13.3. The van der Waals surface area contributed by atoms with Crippen LogP contribution in [0.5, 0.6) is 0 Å². The molecule has 0 spiro atoms. The summed E-state index contributed by atoms with van der Waals surface area (Å²) < 4.78 is 40.8. The van der Waals surface area contributed by atoms with Gasteiger partial charge in [0.15, 0.2) is 15.6 Å². The predicted molar refractivity (Wildman–Crippen MR) is 66.0 cm³/mol. The minimum Gasteiger partial charge on any atom is -0.469 e. The number of Topliss-reactive ketones (excluding diaryl/α,β-unsaturated/α-hetero) is 1. The largest absolute Gasteiger partial charge is 0.469 e. The average molecular weight is 288 g/mol. The molecule has 0 atom stereocenters. The van der Waals surface area contributed by atoms with E-state index in [1.807, 2.05) is 0 Å². The third-order valence-electron chi connectivity index (χ3n) is 2.37. The highest BCUT2D eigenvalue weighted by Gasteiger charge is 2.21. The van der Waals surface area contributed by atoms with E-state index in [0.717, 1.165) is 13.2 Å². The highest BCUT2D eigenvalue weighted by atomic mass is 32.2. The van der Waals surface area contributed by atoms with Crippen LogP contribution in [0.25, 0.3) is 0 Å². The summed E-state index contributed by atoms with van der Waals surface area (Å²) in [5.74, 6) is -3.61. The molecule has 1 rings (SSSR count). The molecule has 0 saturated heterocycles. The van der Waals surface area contributed by atoms with Crippen molar-refractivity contribution in [3.8, 4) is 0 Å². The topological polar surface area (TPSA) is 77.5 Å². The van der Waals surface area contributed by atoms with E-state index < -0.39 is 38.9 Å². The van der Waals surface area contributed by atoms with Crippen LogP contribution in [0.3, 0.4) is 0 Å². The highest BCUT2D eigenvalue weighted by Crippen LogP contribution is 2.09. The van der Waals surface area contributed by atoms with Gasteiger partial charge < -0.3 is 4.74 Å². The molecule has 0 amide bonds. The van der Waals surface area contributed by atoms with Gasteiger partial charge in [-0.15, -0.1) is 0 Å². The molecule has 1 aromatic rings. The normalized spacial score (nSPS) is 11.1. The Morgan fingerprint density at radius 3 is 2.47 bits per heavy atom. The van der Waals surface area contributed by atoms with Gasteiger partial charge in [0, 0.05) is 0 Å². The standard InChI is InChI=1S/C12H13FO5S/c1-18-12(15)6-7-19(16,17)8-11(14)9-4-2-3-5-10(9)13/h2-5H,6-8H2,1H3. The third-order valence-corrected chi connectivity index (χ3v) is 3.90.